The Bertz CT molecular complexity index is 662. The lowest BCUT2D eigenvalue weighted by Crippen LogP contribution is -2.51. The lowest BCUT2D eigenvalue weighted by Gasteiger charge is -2.39. The first-order chi connectivity index (χ1) is 14.6. The Morgan fingerprint density at radius 3 is 2.63 bits per heavy atom. The van der Waals surface area contributed by atoms with E-state index in [-0.39, 0.29) is 18.0 Å². The largest absolute Gasteiger partial charge is 0.383 e. The van der Waals surface area contributed by atoms with Gasteiger partial charge in [0.2, 0.25) is 0 Å². The normalized spacial score (nSPS) is 24.3. The average molecular weight is 421 g/mol. The van der Waals surface area contributed by atoms with Crippen molar-refractivity contribution in [2.45, 2.75) is 38.9 Å². The molecule has 0 aliphatic carbocycles. The fourth-order valence-electron chi connectivity index (χ4n) is 4.24. The molecule has 2 unspecified atom stereocenters. The predicted molar refractivity (Wildman–Crippen MR) is 118 cm³/mol. The molecule has 6 nitrogen and oxygen atoms in total. The van der Waals surface area contributed by atoms with Crippen molar-refractivity contribution in [1.29, 1.82) is 0 Å². The third-order valence-corrected chi connectivity index (χ3v) is 5.95. The zero-order valence-electron chi connectivity index (χ0n) is 18.6. The number of hydrogen-bond donors (Lipinski definition) is 1. The molecule has 2 heterocycles. The first-order valence-corrected chi connectivity index (χ1v) is 11.2. The molecule has 30 heavy (non-hydrogen) atoms. The number of methoxy groups -OCH3 is 1. The Morgan fingerprint density at radius 2 is 1.97 bits per heavy atom. The van der Waals surface area contributed by atoms with E-state index in [1.165, 1.54) is 25.0 Å². The van der Waals surface area contributed by atoms with Gasteiger partial charge in [-0.15, -0.1) is 0 Å². The van der Waals surface area contributed by atoms with Gasteiger partial charge in [-0.3, -0.25) is 4.99 Å². The van der Waals surface area contributed by atoms with Crippen LogP contribution < -0.4 is 5.32 Å². The molecule has 2 aliphatic rings. The summed E-state index contributed by atoms with van der Waals surface area (Å²) in [6.45, 7) is 11.5. The molecule has 3 rings (SSSR count). The summed E-state index contributed by atoms with van der Waals surface area (Å²) in [7, 11) is 1.76. The van der Waals surface area contributed by atoms with Gasteiger partial charge in [-0.05, 0) is 63.4 Å². The Hall–Kier alpha value is -1.70. The number of benzene rings is 1. The van der Waals surface area contributed by atoms with Gasteiger partial charge < -0.3 is 24.6 Å². The van der Waals surface area contributed by atoms with Crippen molar-refractivity contribution in [2.75, 3.05) is 59.5 Å². The molecule has 2 saturated heterocycles. The van der Waals surface area contributed by atoms with E-state index in [4.69, 9.17) is 14.5 Å². The van der Waals surface area contributed by atoms with Gasteiger partial charge in [-0.1, -0.05) is 12.1 Å². The summed E-state index contributed by atoms with van der Waals surface area (Å²) in [6.07, 6.45) is 2.37. The van der Waals surface area contributed by atoms with Crippen LogP contribution in [0.3, 0.4) is 0 Å². The smallest absolute Gasteiger partial charge is 0.194 e. The van der Waals surface area contributed by atoms with Crippen LogP contribution in [0.5, 0.6) is 0 Å². The number of rotatable bonds is 7. The number of morpholine rings is 1. The van der Waals surface area contributed by atoms with E-state index in [1.807, 2.05) is 12.1 Å². The number of ether oxygens (including phenoxy) is 2. The van der Waals surface area contributed by atoms with Crippen LogP contribution in [0.2, 0.25) is 0 Å². The molecule has 2 aliphatic heterocycles. The maximum atomic E-state index is 13.3. The summed E-state index contributed by atoms with van der Waals surface area (Å²) >= 11 is 0. The quantitative estimate of drug-likeness (QED) is 0.543. The minimum absolute atomic E-state index is 0.0813. The van der Waals surface area contributed by atoms with Crippen LogP contribution >= 0.6 is 0 Å². The summed E-state index contributed by atoms with van der Waals surface area (Å²) < 4.78 is 24.6. The summed E-state index contributed by atoms with van der Waals surface area (Å²) in [5.41, 5.74) is 1.01. The third-order valence-electron chi connectivity index (χ3n) is 5.95. The molecule has 2 atom stereocenters. The molecule has 1 N–H and O–H groups in total. The number of likely N-dealkylation sites (tertiary alicyclic amines) is 1. The van der Waals surface area contributed by atoms with Crippen LogP contribution in [0.4, 0.5) is 4.39 Å². The third kappa shape index (κ3) is 6.65. The zero-order chi connectivity index (χ0) is 21.3. The van der Waals surface area contributed by atoms with Crippen LogP contribution in [0.25, 0.3) is 0 Å². The number of aliphatic imine (C=N–C) groups is 1. The number of nitrogens with zero attached hydrogens (tertiary/aromatic N) is 3. The van der Waals surface area contributed by atoms with Crippen LogP contribution in [-0.2, 0) is 9.47 Å². The number of hydrogen-bond acceptors (Lipinski definition) is 4. The highest BCUT2D eigenvalue weighted by atomic mass is 19.1. The lowest BCUT2D eigenvalue weighted by atomic mass is 9.97. The second-order valence-corrected chi connectivity index (χ2v) is 8.36. The van der Waals surface area contributed by atoms with E-state index in [2.05, 4.69) is 29.0 Å². The minimum Gasteiger partial charge on any atom is -0.383 e. The summed E-state index contributed by atoms with van der Waals surface area (Å²) in [6, 6.07) is 6.64. The fraction of sp³-hybridized carbons (Fsp3) is 0.696. The van der Waals surface area contributed by atoms with Gasteiger partial charge >= 0.3 is 0 Å². The van der Waals surface area contributed by atoms with E-state index >= 15 is 0 Å². The van der Waals surface area contributed by atoms with Crippen molar-refractivity contribution in [3.8, 4) is 0 Å². The topological polar surface area (TPSA) is 49.3 Å². The van der Waals surface area contributed by atoms with Crippen molar-refractivity contribution >= 4 is 5.96 Å². The molecule has 0 spiro atoms. The van der Waals surface area contributed by atoms with Gasteiger partial charge in [0, 0.05) is 33.3 Å². The second-order valence-electron chi connectivity index (χ2n) is 8.36. The number of nitrogens with one attached hydrogen (secondary N) is 1. The Kier molecular flexibility index (Phi) is 8.90. The van der Waals surface area contributed by atoms with Gasteiger partial charge in [-0.2, -0.15) is 0 Å². The van der Waals surface area contributed by atoms with Crippen LogP contribution in [-0.4, -0.2) is 81.4 Å². The van der Waals surface area contributed by atoms with E-state index < -0.39 is 0 Å². The Labute approximate surface area is 180 Å². The minimum atomic E-state index is -0.220. The average Bonchev–Trinajstić information content (AvgIpc) is 2.76. The molecule has 2 fully saturated rings. The highest BCUT2D eigenvalue weighted by Crippen LogP contribution is 2.26. The molecule has 0 saturated carbocycles. The summed E-state index contributed by atoms with van der Waals surface area (Å²) in [5, 5.41) is 3.46. The summed E-state index contributed by atoms with van der Waals surface area (Å²) in [4.78, 5) is 9.77. The first-order valence-electron chi connectivity index (χ1n) is 11.2. The van der Waals surface area contributed by atoms with E-state index in [0.717, 1.165) is 63.9 Å². The van der Waals surface area contributed by atoms with Gasteiger partial charge in [-0.25, -0.2) is 4.39 Å². The van der Waals surface area contributed by atoms with Crippen molar-refractivity contribution in [1.82, 2.24) is 15.1 Å². The Morgan fingerprint density at radius 1 is 1.23 bits per heavy atom. The molecule has 0 bridgehead atoms. The Balaban J connectivity index is 1.59. The van der Waals surface area contributed by atoms with E-state index in [9.17, 15) is 4.39 Å². The lowest BCUT2D eigenvalue weighted by molar-refractivity contribution is -0.0605. The molecule has 1 aromatic rings. The molecule has 0 aromatic heterocycles. The van der Waals surface area contributed by atoms with Crippen LogP contribution in [0, 0.1) is 11.7 Å². The SMILES string of the molecule is CCNC(=NCC1CCN(CCOC)CC1)N1CC(C)OC(c2ccc(F)cc2)C1. The van der Waals surface area contributed by atoms with Crippen molar-refractivity contribution in [3.63, 3.8) is 0 Å². The standard InChI is InChI=1S/C23H37FN4O2/c1-4-25-23(26-15-19-9-11-27(12-10-19)13-14-29-3)28-16-18(2)30-22(17-28)20-5-7-21(24)8-6-20/h5-8,18-19,22H,4,9-17H2,1-3H3,(H,25,26). The molecule has 168 valence electrons. The van der Waals surface area contributed by atoms with Crippen LogP contribution in [0.15, 0.2) is 29.3 Å². The highest BCUT2D eigenvalue weighted by molar-refractivity contribution is 5.80. The number of halogens is 1. The van der Waals surface area contributed by atoms with Gasteiger partial charge in [0.25, 0.3) is 0 Å². The van der Waals surface area contributed by atoms with E-state index in [0.29, 0.717) is 5.92 Å². The molecular weight excluding hydrogens is 383 g/mol. The fourth-order valence-corrected chi connectivity index (χ4v) is 4.24. The molecule has 0 amide bonds. The second kappa shape index (κ2) is 11.6. The molecule has 0 radical (unpaired) electrons. The van der Waals surface area contributed by atoms with Crippen molar-refractivity contribution < 1.29 is 13.9 Å². The van der Waals surface area contributed by atoms with Crippen molar-refractivity contribution in [2.24, 2.45) is 10.9 Å². The zero-order valence-corrected chi connectivity index (χ0v) is 18.6. The van der Waals surface area contributed by atoms with Gasteiger partial charge in [0.15, 0.2) is 5.96 Å². The number of guanidine groups is 1. The maximum Gasteiger partial charge on any atom is 0.194 e. The van der Waals surface area contributed by atoms with Gasteiger partial charge in [0.1, 0.15) is 11.9 Å². The van der Waals surface area contributed by atoms with Crippen molar-refractivity contribution in [3.05, 3.63) is 35.6 Å². The highest BCUT2D eigenvalue weighted by Gasteiger charge is 2.28. The summed E-state index contributed by atoms with van der Waals surface area (Å²) in [5.74, 6) is 1.37. The number of piperidine rings is 1. The molecule has 7 heteroatoms. The predicted octanol–water partition coefficient (Wildman–Crippen LogP) is 2.91. The van der Waals surface area contributed by atoms with E-state index in [1.54, 1.807) is 7.11 Å². The monoisotopic (exact) mass is 420 g/mol. The van der Waals surface area contributed by atoms with Gasteiger partial charge in [0.05, 0.1) is 19.3 Å². The maximum absolute atomic E-state index is 13.3. The first kappa shape index (κ1) is 23.0. The molecular formula is C23H37FN4O2. The van der Waals surface area contributed by atoms with Crippen LogP contribution in [0.1, 0.15) is 38.4 Å². The molecule has 1 aromatic carbocycles.